The molecule has 0 bridgehead atoms. The van der Waals surface area contributed by atoms with Crippen LogP contribution in [0, 0.1) is 5.82 Å². The highest BCUT2D eigenvalue weighted by molar-refractivity contribution is 8.01. The number of thiazole rings is 1. The summed E-state index contributed by atoms with van der Waals surface area (Å²) >= 11 is 3.53. The standard InChI is InChI=1S/C24H27FN4S2/c1-2-19-16-17-15-18(25)6-7-22(17)29(19)20-8-12-28(13-9-20)11-4-14-30-24-27-21-5-3-10-26-23(21)31-24/h3,5-7,10,15-16,20H,2,4,8-9,11-14H2,1H3. The number of hydrogen-bond acceptors (Lipinski definition) is 5. The lowest BCUT2D eigenvalue weighted by Crippen LogP contribution is -2.35. The second kappa shape index (κ2) is 9.27. The number of pyridine rings is 1. The number of aromatic nitrogens is 3. The summed E-state index contributed by atoms with van der Waals surface area (Å²) in [5, 5.41) is 1.03. The van der Waals surface area contributed by atoms with E-state index in [2.05, 4.69) is 32.4 Å². The van der Waals surface area contributed by atoms with E-state index in [-0.39, 0.29) is 5.82 Å². The molecule has 162 valence electrons. The van der Waals surface area contributed by atoms with Gasteiger partial charge in [0.25, 0.3) is 0 Å². The molecule has 31 heavy (non-hydrogen) atoms. The number of halogens is 1. The maximum atomic E-state index is 13.7. The molecule has 4 heterocycles. The quantitative estimate of drug-likeness (QED) is 0.247. The molecule has 0 N–H and O–H groups in total. The Morgan fingerprint density at radius 3 is 2.87 bits per heavy atom. The van der Waals surface area contributed by atoms with E-state index in [0.29, 0.717) is 6.04 Å². The molecule has 7 heteroatoms. The van der Waals surface area contributed by atoms with E-state index in [4.69, 9.17) is 0 Å². The van der Waals surface area contributed by atoms with Crippen molar-refractivity contribution >= 4 is 44.3 Å². The number of aryl methyl sites for hydroxylation is 1. The summed E-state index contributed by atoms with van der Waals surface area (Å²) in [5.74, 6) is 0.940. The lowest BCUT2D eigenvalue weighted by molar-refractivity contribution is 0.188. The number of thioether (sulfide) groups is 1. The van der Waals surface area contributed by atoms with Crippen LogP contribution in [0.25, 0.3) is 21.3 Å². The molecule has 1 aliphatic rings. The van der Waals surface area contributed by atoms with Crippen molar-refractivity contribution in [3.63, 3.8) is 0 Å². The zero-order valence-corrected chi connectivity index (χ0v) is 19.4. The van der Waals surface area contributed by atoms with Crippen LogP contribution in [-0.4, -0.2) is 44.8 Å². The Labute approximate surface area is 190 Å². The molecule has 0 radical (unpaired) electrons. The first-order valence-electron chi connectivity index (χ1n) is 11.1. The second-order valence-electron chi connectivity index (χ2n) is 8.14. The van der Waals surface area contributed by atoms with Gasteiger partial charge in [-0.05, 0) is 68.6 Å². The van der Waals surface area contributed by atoms with Gasteiger partial charge in [-0.2, -0.15) is 0 Å². The summed E-state index contributed by atoms with van der Waals surface area (Å²) < 4.78 is 17.3. The first-order chi connectivity index (χ1) is 15.2. The van der Waals surface area contributed by atoms with Crippen LogP contribution in [0.1, 0.15) is 37.9 Å². The number of hydrogen-bond donors (Lipinski definition) is 0. The van der Waals surface area contributed by atoms with Crippen LogP contribution in [0.3, 0.4) is 0 Å². The predicted molar refractivity (Wildman–Crippen MR) is 129 cm³/mol. The normalized spacial score (nSPS) is 15.9. The lowest BCUT2D eigenvalue weighted by Gasteiger charge is -2.34. The monoisotopic (exact) mass is 454 g/mol. The van der Waals surface area contributed by atoms with Crippen molar-refractivity contribution in [1.82, 2.24) is 19.4 Å². The molecular weight excluding hydrogens is 427 g/mol. The minimum absolute atomic E-state index is 0.151. The van der Waals surface area contributed by atoms with E-state index in [1.54, 1.807) is 23.5 Å². The minimum Gasteiger partial charge on any atom is -0.341 e. The third-order valence-electron chi connectivity index (χ3n) is 6.16. The van der Waals surface area contributed by atoms with Crippen LogP contribution in [0.15, 0.2) is 46.9 Å². The summed E-state index contributed by atoms with van der Waals surface area (Å²) in [4.78, 5) is 12.7. The van der Waals surface area contributed by atoms with E-state index in [0.717, 1.165) is 64.7 Å². The van der Waals surface area contributed by atoms with Gasteiger partial charge in [-0.3, -0.25) is 0 Å². The maximum absolute atomic E-state index is 13.7. The Hall–Kier alpha value is -1.96. The molecule has 0 aliphatic carbocycles. The van der Waals surface area contributed by atoms with Crippen LogP contribution in [-0.2, 0) is 6.42 Å². The third kappa shape index (κ3) is 4.49. The molecule has 1 saturated heterocycles. The molecule has 4 nitrogen and oxygen atoms in total. The Bertz CT molecular complexity index is 1140. The fraction of sp³-hybridized carbons (Fsp3) is 0.417. The van der Waals surface area contributed by atoms with Gasteiger partial charge in [0, 0.05) is 47.7 Å². The largest absolute Gasteiger partial charge is 0.341 e. The predicted octanol–water partition coefficient (Wildman–Crippen LogP) is 6.17. The second-order valence-corrected chi connectivity index (χ2v) is 10.5. The number of rotatable bonds is 7. The van der Waals surface area contributed by atoms with Gasteiger partial charge in [0.2, 0.25) is 0 Å². The molecule has 0 saturated carbocycles. The summed E-state index contributed by atoms with van der Waals surface area (Å²) in [6, 6.07) is 11.9. The Morgan fingerprint density at radius 1 is 1.19 bits per heavy atom. The number of fused-ring (bicyclic) bond motifs is 2. The lowest BCUT2D eigenvalue weighted by atomic mass is 10.0. The third-order valence-corrected chi connectivity index (χ3v) is 8.36. The molecule has 1 aliphatic heterocycles. The summed E-state index contributed by atoms with van der Waals surface area (Å²) in [6.07, 6.45) is 6.30. The van der Waals surface area contributed by atoms with Crippen LogP contribution in [0.5, 0.6) is 0 Å². The van der Waals surface area contributed by atoms with Crippen molar-refractivity contribution < 1.29 is 4.39 Å². The first kappa shape index (κ1) is 20.9. The Morgan fingerprint density at radius 2 is 2.06 bits per heavy atom. The topological polar surface area (TPSA) is 34.0 Å². The van der Waals surface area contributed by atoms with Crippen molar-refractivity contribution in [2.75, 3.05) is 25.4 Å². The highest BCUT2D eigenvalue weighted by Gasteiger charge is 2.23. The zero-order chi connectivity index (χ0) is 21.2. The fourth-order valence-corrected chi connectivity index (χ4v) is 6.60. The van der Waals surface area contributed by atoms with Gasteiger partial charge >= 0.3 is 0 Å². The average molecular weight is 455 g/mol. The Balaban J connectivity index is 1.13. The van der Waals surface area contributed by atoms with Gasteiger partial charge in [0.1, 0.15) is 16.2 Å². The SMILES string of the molecule is CCc1cc2cc(F)ccc2n1C1CCN(CCCSc2nc3cccnc3s2)CC1. The molecular formula is C24H27FN4S2. The van der Waals surface area contributed by atoms with Crippen LogP contribution in [0.2, 0.25) is 0 Å². The first-order valence-corrected chi connectivity index (χ1v) is 12.9. The highest BCUT2D eigenvalue weighted by atomic mass is 32.2. The van der Waals surface area contributed by atoms with E-state index in [1.807, 2.05) is 36.2 Å². The molecule has 0 atom stereocenters. The van der Waals surface area contributed by atoms with Gasteiger partial charge in [-0.25, -0.2) is 14.4 Å². The van der Waals surface area contributed by atoms with E-state index >= 15 is 0 Å². The highest BCUT2D eigenvalue weighted by Crippen LogP contribution is 2.32. The van der Waals surface area contributed by atoms with E-state index in [9.17, 15) is 4.39 Å². The van der Waals surface area contributed by atoms with Crippen LogP contribution < -0.4 is 0 Å². The van der Waals surface area contributed by atoms with Crippen LogP contribution in [0.4, 0.5) is 4.39 Å². The van der Waals surface area contributed by atoms with Crippen molar-refractivity contribution in [1.29, 1.82) is 0 Å². The minimum atomic E-state index is -0.151. The Kier molecular flexibility index (Phi) is 6.25. The van der Waals surface area contributed by atoms with E-state index in [1.165, 1.54) is 17.6 Å². The molecule has 3 aromatic heterocycles. The number of nitrogens with zero attached hydrogens (tertiary/aromatic N) is 4. The summed E-state index contributed by atoms with van der Waals surface area (Å²) in [7, 11) is 0. The van der Waals surface area contributed by atoms with Gasteiger partial charge in [-0.1, -0.05) is 30.0 Å². The smallest absolute Gasteiger partial charge is 0.152 e. The molecule has 0 amide bonds. The summed E-state index contributed by atoms with van der Waals surface area (Å²) in [5.41, 5.74) is 3.50. The van der Waals surface area contributed by atoms with Gasteiger partial charge in [0.15, 0.2) is 4.34 Å². The van der Waals surface area contributed by atoms with Crippen molar-refractivity contribution in [2.45, 2.75) is 43.0 Å². The van der Waals surface area contributed by atoms with Gasteiger partial charge < -0.3 is 9.47 Å². The van der Waals surface area contributed by atoms with Gasteiger partial charge in [-0.15, -0.1) is 0 Å². The van der Waals surface area contributed by atoms with Crippen molar-refractivity contribution in [3.05, 3.63) is 54.1 Å². The summed E-state index contributed by atoms with van der Waals surface area (Å²) in [6.45, 7) is 5.59. The molecule has 1 aromatic carbocycles. The zero-order valence-electron chi connectivity index (χ0n) is 17.8. The van der Waals surface area contributed by atoms with Gasteiger partial charge in [0.05, 0.1) is 0 Å². The fourth-order valence-electron chi connectivity index (χ4n) is 4.63. The number of likely N-dealkylation sites (tertiary alicyclic amines) is 1. The molecule has 0 unspecified atom stereocenters. The van der Waals surface area contributed by atoms with Crippen molar-refractivity contribution in [3.8, 4) is 0 Å². The number of piperidine rings is 1. The van der Waals surface area contributed by atoms with Crippen LogP contribution >= 0.6 is 23.1 Å². The molecule has 1 fully saturated rings. The number of benzene rings is 1. The molecule has 5 rings (SSSR count). The van der Waals surface area contributed by atoms with E-state index < -0.39 is 0 Å². The average Bonchev–Trinajstić information content (AvgIpc) is 3.37. The molecule has 4 aromatic rings. The molecule has 0 spiro atoms. The maximum Gasteiger partial charge on any atom is 0.152 e. The van der Waals surface area contributed by atoms with Crippen molar-refractivity contribution in [2.24, 2.45) is 0 Å².